The summed E-state index contributed by atoms with van der Waals surface area (Å²) < 4.78 is 1.72. The highest BCUT2D eigenvalue weighted by molar-refractivity contribution is 5.93. The van der Waals surface area contributed by atoms with Crippen LogP contribution in [0.4, 0.5) is 0 Å². The van der Waals surface area contributed by atoms with Gasteiger partial charge in [0.25, 0.3) is 5.91 Å². The van der Waals surface area contributed by atoms with Crippen molar-refractivity contribution in [1.29, 1.82) is 0 Å². The van der Waals surface area contributed by atoms with Crippen LogP contribution in [0.3, 0.4) is 0 Å². The van der Waals surface area contributed by atoms with E-state index >= 15 is 0 Å². The molecule has 2 fully saturated rings. The number of rotatable bonds is 4. The van der Waals surface area contributed by atoms with Crippen molar-refractivity contribution in [3.05, 3.63) is 53.3 Å². The number of nitrogens with one attached hydrogen (secondary N) is 1. The van der Waals surface area contributed by atoms with Gasteiger partial charge in [0.2, 0.25) is 0 Å². The lowest BCUT2D eigenvalue weighted by Gasteiger charge is -2.49. The Morgan fingerprint density at radius 2 is 1.92 bits per heavy atom. The topological polar surface area (TPSA) is 46.9 Å². The number of benzene rings is 1. The Bertz CT molecular complexity index is 765. The van der Waals surface area contributed by atoms with Crippen molar-refractivity contribution < 1.29 is 4.79 Å². The summed E-state index contributed by atoms with van der Waals surface area (Å²) in [7, 11) is 1.86. The van der Waals surface area contributed by atoms with E-state index in [-0.39, 0.29) is 11.9 Å². The van der Waals surface area contributed by atoms with Crippen molar-refractivity contribution in [2.24, 2.45) is 18.9 Å². The third kappa shape index (κ3) is 2.78. The van der Waals surface area contributed by atoms with Gasteiger partial charge in [-0.15, -0.1) is 0 Å². The molecule has 4 nitrogen and oxygen atoms in total. The molecule has 1 heterocycles. The first-order valence-corrected chi connectivity index (χ1v) is 9.46. The van der Waals surface area contributed by atoms with Crippen LogP contribution in [0, 0.1) is 11.8 Å². The molecule has 4 heteroatoms. The van der Waals surface area contributed by atoms with Crippen molar-refractivity contribution in [3.8, 4) is 0 Å². The number of hydrogen-bond acceptors (Lipinski definition) is 2. The molecule has 4 rings (SSSR count). The van der Waals surface area contributed by atoms with Crippen LogP contribution in [0.25, 0.3) is 0 Å². The number of carbonyl (C=O) groups excluding carboxylic acids is 1. The van der Waals surface area contributed by atoms with Crippen LogP contribution in [0.15, 0.2) is 36.4 Å². The molecule has 1 aromatic heterocycles. The molecule has 25 heavy (non-hydrogen) atoms. The van der Waals surface area contributed by atoms with E-state index in [0.717, 1.165) is 11.6 Å². The number of amides is 1. The van der Waals surface area contributed by atoms with E-state index in [1.165, 1.54) is 24.8 Å². The van der Waals surface area contributed by atoms with E-state index in [1.54, 1.807) is 4.68 Å². The SMILES string of the molecule is CC(C)c1cc(C(=O)NC2C3CCCC3C2c2ccccc2)n(C)n1. The Kier molecular flexibility index (Phi) is 4.14. The summed E-state index contributed by atoms with van der Waals surface area (Å²) >= 11 is 0. The Balaban J connectivity index is 1.55. The summed E-state index contributed by atoms with van der Waals surface area (Å²) in [6.07, 6.45) is 3.82. The smallest absolute Gasteiger partial charge is 0.269 e. The fourth-order valence-electron chi connectivity index (χ4n) is 4.83. The van der Waals surface area contributed by atoms with Crippen LogP contribution in [-0.4, -0.2) is 21.7 Å². The van der Waals surface area contributed by atoms with Crippen LogP contribution >= 0.6 is 0 Å². The highest BCUT2D eigenvalue weighted by atomic mass is 16.2. The first kappa shape index (κ1) is 16.4. The molecule has 1 amide bonds. The highest BCUT2D eigenvalue weighted by Crippen LogP contribution is 2.55. The Morgan fingerprint density at radius 3 is 2.60 bits per heavy atom. The Morgan fingerprint density at radius 1 is 1.20 bits per heavy atom. The molecule has 0 saturated heterocycles. The van der Waals surface area contributed by atoms with Crippen molar-refractivity contribution in [2.75, 3.05) is 0 Å². The summed E-state index contributed by atoms with van der Waals surface area (Å²) in [6, 6.07) is 12.9. The normalized spacial score (nSPS) is 27.8. The molecule has 4 atom stereocenters. The van der Waals surface area contributed by atoms with E-state index < -0.39 is 0 Å². The van der Waals surface area contributed by atoms with Crippen LogP contribution in [0.1, 0.15) is 66.7 Å². The molecule has 132 valence electrons. The molecule has 0 bridgehead atoms. The molecule has 2 aliphatic carbocycles. The standard InChI is InChI=1S/C21H27N3O/c1-13(2)17-12-18(24(3)23-17)21(25)22-20-16-11-7-10-15(16)19(20)14-8-5-4-6-9-14/h4-6,8-9,12-13,15-16,19-20H,7,10-11H2,1-3H3,(H,22,25). The zero-order valence-corrected chi connectivity index (χ0v) is 15.3. The fourth-order valence-corrected chi connectivity index (χ4v) is 4.83. The maximum absolute atomic E-state index is 12.9. The van der Waals surface area contributed by atoms with Gasteiger partial charge in [-0.05, 0) is 42.2 Å². The molecule has 1 N–H and O–H groups in total. The van der Waals surface area contributed by atoms with Crippen molar-refractivity contribution in [3.63, 3.8) is 0 Å². The zero-order chi connectivity index (χ0) is 17.6. The lowest BCUT2D eigenvalue weighted by molar-refractivity contribution is 0.0684. The summed E-state index contributed by atoms with van der Waals surface area (Å²) in [5.41, 5.74) is 3.00. The summed E-state index contributed by atoms with van der Waals surface area (Å²) in [6.45, 7) is 4.20. The minimum atomic E-state index is 0.0122. The minimum absolute atomic E-state index is 0.0122. The highest BCUT2D eigenvalue weighted by Gasteiger charge is 2.53. The fraction of sp³-hybridized carbons (Fsp3) is 0.524. The van der Waals surface area contributed by atoms with Crippen LogP contribution in [0.5, 0.6) is 0 Å². The molecular weight excluding hydrogens is 310 g/mol. The summed E-state index contributed by atoms with van der Waals surface area (Å²) in [5, 5.41) is 7.83. The number of nitrogens with zero attached hydrogens (tertiary/aromatic N) is 2. The largest absolute Gasteiger partial charge is 0.347 e. The Labute approximate surface area is 149 Å². The minimum Gasteiger partial charge on any atom is -0.347 e. The molecule has 2 aliphatic rings. The predicted octanol–water partition coefficient (Wildman–Crippen LogP) is 3.86. The van der Waals surface area contributed by atoms with Gasteiger partial charge in [-0.3, -0.25) is 9.48 Å². The lowest BCUT2D eigenvalue weighted by Crippen LogP contribution is -2.56. The first-order chi connectivity index (χ1) is 12.1. The molecule has 0 radical (unpaired) electrons. The van der Waals surface area contributed by atoms with Gasteiger partial charge in [0.1, 0.15) is 5.69 Å². The average Bonchev–Trinajstić information content (AvgIpc) is 3.18. The molecule has 2 saturated carbocycles. The average molecular weight is 337 g/mol. The third-order valence-corrected chi connectivity index (χ3v) is 6.14. The first-order valence-electron chi connectivity index (χ1n) is 9.46. The van der Waals surface area contributed by atoms with Gasteiger partial charge in [-0.2, -0.15) is 5.10 Å². The second-order valence-electron chi connectivity index (χ2n) is 7.93. The van der Waals surface area contributed by atoms with Gasteiger partial charge in [0, 0.05) is 19.0 Å². The molecule has 2 aromatic rings. The second-order valence-corrected chi connectivity index (χ2v) is 7.93. The van der Waals surface area contributed by atoms with E-state index in [2.05, 4.69) is 54.6 Å². The lowest BCUT2D eigenvalue weighted by atomic mass is 9.60. The monoisotopic (exact) mass is 337 g/mol. The van der Waals surface area contributed by atoms with E-state index in [1.807, 2.05) is 13.1 Å². The third-order valence-electron chi connectivity index (χ3n) is 6.14. The number of aryl methyl sites for hydroxylation is 1. The molecule has 0 aliphatic heterocycles. The summed E-state index contributed by atoms with van der Waals surface area (Å²) in [5.74, 6) is 2.15. The van der Waals surface area contributed by atoms with Gasteiger partial charge in [0.15, 0.2) is 0 Å². The van der Waals surface area contributed by atoms with Crippen molar-refractivity contribution in [1.82, 2.24) is 15.1 Å². The van der Waals surface area contributed by atoms with Crippen LogP contribution in [0.2, 0.25) is 0 Å². The van der Waals surface area contributed by atoms with Crippen molar-refractivity contribution >= 4 is 5.91 Å². The van der Waals surface area contributed by atoms with Crippen molar-refractivity contribution in [2.45, 2.75) is 51.0 Å². The molecule has 0 spiro atoms. The quantitative estimate of drug-likeness (QED) is 0.921. The van der Waals surface area contributed by atoms with E-state index in [0.29, 0.717) is 23.4 Å². The van der Waals surface area contributed by atoms with Gasteiger partial charge in [-0.1, -0.05) is 50.6 Å². The Hall–Kier alpha value is -2.10. The number of hydrogen-bond donors (Lipinski definition) is 1. The van der Waals surface area contributed by atoms with Gasteiger partial charge < -0.3 is 5.32 Å². The maximum Gasteiger partial charge on any atom is 0.269 e. The van der Waals surface area contributed by atoms with Crippen LogP contribution < -0.4 is 5.32 Å². The number of fused-ring (bicyclic) bond motifs is 1. The zero-order valence-electron chi connectivity index (χ0n) is 15.3. The maximum atomic E-state index is 12.9. The molecule has 1 aromatic carbocycles. The number of aromatic nitrogens is 2. The second kappa shape index (κ2) is 6.32. The predicted molar refractivity (Wildman–Crippen MR) is 98.6 cm³/mol. The number of carbonyl (C=O) groups is 1. The molecular formula is C21H27N3O. The van der Waals surface area contributed by atoms with Gasteiger partial charge >= 0.3 is 0 Å². The molecule has 4 unspecified atom stereocenters. The van der Waals surface area contributed by atoms with Gasteiger partial charge in [0.05, 0.1) is 5.69 Å². The summed E-state index contributed by atoms with van der Waals surface area (Å²) in [4.78, 5) is 12.9. The van der Waals surface area contributed by atoms with E-state index in [9.17, 15) is 4.79 Å². The van der Waals surface area contributed by atoms with Gasteiger partial charge in [-0.25, -0.2) is 0 Å². The van der Waals surface area contributed by atoms with Crippen LogP contribution in [-0.2, 0) is 7.05 Å². The van der Waals surface area contributed by atoms with E-state index in [4.69, 9.17) is 0 Å².